The minimum atomic E-state index is -1.46. The first-order chi connectivity index (χ1) is 8.81. The van der Waals surface area contributed by atoms with Crippen molar-refractivity contribution in [3.05, 3.63) is 21.9 Å². The first kappa shape index (κ1) is 15.1. The number of primary amides is 1. The van der Waals surface area contributed by atoms with Gasteiger partial charge in [0.15, 0.2) is 10.3 Å². The van der Waals surface area contributed by atoms with Gasteiger partial charge in [-0.3, -0.25) is 9.59 Å². The Morgan fingerprint density at radius 2 is 2.00 bits per heavy atom. The van der Waals surface area contributed by atoms with E-state index < -0.39 is 30.2 Å². The van der Waals surface area contributed by atoms with E-state index >= 15 is 0 Å². The van der Waals surface area contributed by atoms with Crippen molar-refractivity contribution in [3.63, 3.8) is 0 Å². The third kappa shape index (κ3) is 4.34. The Morgan fingerprint density at radius 3 is 2.53 bits per heavy atom. The number of nitrogens with two attached hydrogens (primary N) is 1. The molecule has 0 aliphatic carbocycles. The molecule has 1 aromatic rings. The van der Waals surface area contributed by atoms with Gasteiger partial charge >= 0.3 is 5.97 Å². The van der Waals surface area contributed by atoms with E-state index in [0.717, 1.165) is 6.07 Å². The Labute approximate surface area is 116 Å². The predicted octanol–water partition coefficient (Wildman–Crippen LogP) is -0.158. The summed E-state index contributed by atoms with van der Waals surface area (Å²) in [5.41, 5.74) is 4.72. The van der Waals surface area contributed by atoms with Gasteiger partial charge in [-0.1, -0.05) is 23.2 Å². The molecule has 1 heterocycles. The lowest BCUT2D eigenvalue weighted by molar-refractivity contribution is -0.140. The van der Waals surface area contributed by atoms with Crippen molar-refractivity contribution in [1.82, 2.24) is 15.5 Å². The van der Waals surface area contributed by atoms with Crippen LogP contribution in [0.3, 0.4) is 0 Å². The molecule has 0 fully saturated rings. The van der Waals surface area contributed by atoms with Crippen molar-refractivity contribution < 1.29 is 19.5 Å². The van der Waals surface area contributed by atoms with Gasteiger partial charge in [0.05, 0.1) is 12.0 Å². The van der Waals surface area contributed by atoms with Crippen molar-refractivity contribution >= 4 is 41.0 Å². The molecule has 0 aromatic carbocycles. The summed E-state index contributed by atoms with van der Waals surface area (Å²) < 4.78 is 0. The van der Waals surface area contributed by atoms with E-state index in [4.69, 9.17) is 34.0 Å². The number of rotatable bonds is 5. The van der Waals surface area contributed by atoms with Crippen LogP contribution < -0.4 is 11.1 Å². The smallest absolute Gasteiger partial charge is 0.326 e. The van der Waals surface area contributed by atoms with Gasteiger partial charge in [-0.05, 0) is 6.07 Å². The third-order valence-corrected chi connectivity index (χ3v) is 2.44. The fourth-order valence-corrected chi connectivity index (χ4v) is 1.47. The highest BCUT2D eigenvalue weighted by Crippen LogP contribution is 2.15. The van der Waals surface area contributed by atoms with Crippen molar-refractivity contribution in [2.45, 2.75) is 12.5 Å². The van der Waals surface area contributed by atoms with Crippen LogP contribution in [0, 0.1) is 0 Å². The molecule has 0 aliphatic heterocycles. The Bertz CT molecular complexity index is 537. The zero-order valence-electron chi connectivity index (χ0n) is 9.26. The van der Waals surface area contributed by atoms with Gasteiger partial charge in [-0.2, -0.15) is 0 Å². The average Bonchev–Trinajstić information content (AvgIpc) is 2.30. The number of halogens is 2. The summed E-state index contributed by atoms with van der Waals surface area (Å²) in [6.45, 7) is 0. The molecule has 2 amide bonds. The second-order valence-electron chi connectivity index (χ2n) is 3.41. The van der Waals surface area contributed by atoms with Crippen LogP contribution in [0.25, 0.3) is 0 Å². The molecule has 1 rings (SSSR count). The van der Waals surface area contributed by atoms with E-state index in [9.17, 15) is 14.4 Å². The first-order valence-electron chi connectivity index (χ1n) is 4.82. The number of hydrogen-bond acceptors (Lipinski definition) is 5. The van der Waals surface area contributed by atoms with Gasteiger partial charge in [-0.15, -0.1) is 10.2 Å². The van der Waals surface area contributed by atoms with E-state index in [0.29, 0.717) is 0 Å². The first-order valence-corrected chi connectivity index (χ1v) is 5.57. The molecule has 1 atom stereocenters. The summed E-state index contributed by atoms with van der Waals surface area (Å²) in [5.74, 6) is -3.13. The zero-order valence-corrected chi connectivity index (χ0v) is 10.8. The number of carboxylic acid groups (broad SMARTS) is 1. The van der Waals surface area contributed by atoms with Crippen LogP contribution in [0.4, 0.5) is 0 Å². The summed E-state index contributed by atoms with van der Waals surface area (Å²) in [5, 5.41) is 17.4. The lowest BCUT2D eigenvalue weighted by Gasteiger charge is -2.13. The van der Waals surface area contributed by atoms with Crippen molar-refractivity contribution in [2.75, 3.05) is 0 Å². The zero-order chi connectivity index (χ0) is 14.6. The summed E-state index contributed by atoms with van der Waals surface area (Å²) in [7, 11) is 0. The van der Waals surface area contributed by atoms with Crippen LogP contribution >= 0.6 is 23.2 Å². The molecular weight excluding hydrogens is 299 g/mol. The molecule has 8 nitrogen and oxygen atoms in total. The fourth-order valence-electron chi connectivity index (χ4n) is 1.15. The molecule has 0 radical (unpaired) electrons. The van der Waals surface area contributed by atoms with E-state index in [1.807, 2.05) is 0 Å². The SMILES string of the molecule is NC(=O)CC(NC(=O)c1cc(Cl)nnc1Cl)C(=O)O. The summed E-state index contributed by atoms with van der Waals surface area (Å²) in [4.78, 5) is 33.3. The summed E-state index contributed by atoms with van der Waals surface area (Å²) in [6.07, 6.45) is -0.551. The van der Waals surface area contributed by atoms with Crippen LogP contribution in [0.15, 0.2) is 6.07 Å². The van der Waals surface area contributed by atoms with Crippen LogP contribution in [0.2, 0.25) is 10.3 Å². The number of aliphatic carboxylic acids is 1. The number of carbonyl (C=O) groups is 3. The molecule has 0 saturated carbocycles. The number of amides is 2. The van der Waals surface area contributed by atoms with Gasteiger partial charge in [0.25, 0.3) is 5.91 Å². The van der Waals surface area contributed by atoms with E-state index in [1.54, 1.807) is 0 Å². The molecule has 10 heteroatoms. The second kappa shape index (κ2) is 6.30. The molecule has 0 spiro atoms. The summed E-state index contributed by atoms with van der Waals surface area (Å²) >= 11 is 11.2. The molecule has 19 heavy (non-hydrogen) atoms. The Morgan fingerprint density at radius 1 is 1.37 bits per heavy atom. The quantitative estimate of drug-likeness (QED) is 0.691. The highest BCUT2D eigenvalue weighted by atomic mass is 35.5. The second-order valence-corrected chi connectivity index (χ2v) is 4.15. The molecule has 102 valence electrons. The van der Waals surface area contributed by atoms with Gasteiger partial charge in [0.2, 0.25) is 5.91 Å². The normalized spacial score (nSPS) is 11.7. The number of nitrogens with one attached hydrogen (secondary N) is 1. The van der Waals surface area contributed by atoms with E-state index in [-0.39, 0.29) is 15.9 Å². The van der Waals surface area contributed by atoms with Crippen molar-refractivity contribution in [1.29, 1.82) is 0 Å². The van der Waals surface area contributed by atoms with Gasteiger partial charge < -0.3 is 16.2 Å². The molecule has 1 unspecified atom stereocenters. The molecule has 1 aromatic heterocycles. The average molecular weight is 307 g/mol. The van der Waals surface area contributed by atoms with E-state index in [2.05, 4.69) is 15.5 Å². The topological polar surface area (TPSA) is 135 Å². The number of carbonyl (C=O) groups excluding carboxylic acids is 2. The fraction of sp³-hybridized carbons (Fsp3) is 0.222. The molecule has 0 saturated heterocycles. The minimum Gasteiger partial charge on any atom is -0.480 e. The van der Waals surface area contributed by atoms with Crippen LogP contribution in [-0.2, 0) is 9.59 Å². The highest BCUT2D eigenvalue weighted by molar-refractivity contribution is 6.34. The maximum Gasteiger partial charge on any atom is 0.326 e. The molecule has 0 aliphatic rings. The minimum absolute atomic E-state index is 0.0867. The Hall–Kier alpha value is -1.93. The van der Waals surface area contributed by atoms with Gasteiger partial charge in [-0.25, -0.2) is 4.79 Å². The molecule has 4 N–H and O–H groups in total. The lowest BCUT2D eigenvalue weighted by atomic mass is 10.2. The Balaban J connectivity index is 2.90. The molecule has 0 bridgehead atoms. The van der Waals surface area contributed by atoms with Crippen molar-refractivity contribution in [3.8, 4) is 0 Å². The number of carboxylic acids is 1. The number of nitrogens with zero attached hydrogens (tertiary/aromatic N) is 2. The largest absolute Gasteiger partial charge is 0.480 e. The van der Waals surface area contributed by atoms with Crippen LogP contribution in [-0.4, -0.2) is 39.1 Å². The maximum atomic E-state index is 11.8. The lowest BCUT2D eigenvalue weighted by Crippen LogP contribution is -2.43. The predicted molar refractivity (Wildman–Crippen MR) is 64.8 cm³/mol. The van der Waals surface area contributed by atoms with E-state index in [1.165, 1.54) is 0 Å². The van der Waals surface area contributed by atoms with Gasteiger partial charge in [0, 0.05) is 0 Å². The maximum absolute atomic E-state index is 11.8. The highest BCUT2D eigenvalue weighted by Gasteiger charge is 2.24. The van der Waals surface area contributed by atoms with Crippen LogP contribution in [0.5, 0.6) is 0 Å². The Kier molecular flexibility index (Phi) is 5.02. The number of hydrogen-bond donors (Lipinski definition) is 3. The standard InChI is InChI=1S/C9H8Cl2N4O4/c10-5-1-3(7(11)15-14-5)8(17)13-4(9(18)19)2-6(12)16/h1,4H,2H2,(H2,12,16)(H,13,17)(H,18,19). The summed E-state index contributed by atoms with van der Waals surface area (Å²) in [6, 6.07) is -0.344. The number of aromatic nitrogens is 2. The van der Waals surface area contributed by atoms with Gasteiger partial charge in [0.1, 0.15) is 6.04 Å². The molecular formula is C9H8Cl2N4O4. The van der Waals surface area contributed by atoms with Crippen molar-refractivity contribution in [2.24, 2.45) is 5.73 Å². The third-order valence-electron chi connectivity index (χ3n) is 1.97. The van der Waals surface area contributed by atoms with Crippen LogP contribution in [0.1, 0.15) is 16.8 Å². The monoisotopic (exact) mass is 306 g/mol.